The van der Waals surface area contributed by atoms with E-state index < -0.39 is 0 Å². The van der Waals surface area contributed by atoms with E-state index in [0.29, 0.717) is 5.92 Å². The van der Waals surface area contributed by atoms with Gasteiger partial charge in [0.05, 0.1) is 0 Å². The van der Waals surface area contributed by atoms with Crippen LogP contribution in [0.25, 0.3) is 5.65 Å². The van der Waals surface area contributed by atoms with Gasteiger partial charge in [0.25, 0.3) is 0 Å². The zero-order valence-electron chi connectivity index (χ0n) is 17.1. The molecule has 2 saturated heterocycles. The third kappa shape index (κ3) is 3.62. The fraction of sp³-hybridized carbons (Fsp3) is 0.550. The van der Waals surface area contributed by atoms with Crippen LogP contribution in [0.1, 0.15) is 36.6 Å². The van der Waals surface area contributed by atoms with Crippen molar-refractivity contribution < 1.29 is 0 Å². The lowest BCUT2D eigenvalue weighted by Gasteiger charge is -2.32. The quantitative estimate of drug-likeness (QED) is 0.646. The number of hydrogen-bond donors (Lipinski definition) is 0. The lowest BCUT2D eigenvalue weighted by atomic mass is 9.96. The van der Waals surface area contributed by atoms with E-state index in [9.17, 15) is 0 Å². The highest BCUT2D eigenvalue weighted by Crippen LogP contribution is 2.28. The molecule has 0 N–H and O–H groups in total. The summed E-state index contributed by atoms with van der Waals surface area (Å²) in [5.74, 6) is 3.17. The van der Waals surface area contributed by atoms with E-state index in [1.807, 2.05) is 42.0 Å². The largest absolute Gasteiger partial charge is 0.355 e. The highest BCUT2D eigenvalue weighted by atomic mass is 15.4. The summed E-state index contributed by atoms with van der Waals surface area (Å²) in [6.45, 7) is 5.13. The maximum atomic E-state index is 4.83. The van der Waals surface area contributed by atoms with Crippen LogP contribution in [0.5, 0.6) is 0 Å². The first kappa shape index (κ1) is 18.2. The molecule has 0 aliphatic carbocycles. The highest BCUT2D eigenvalue weighted by Gasteiger charge is 2.26. The minimum absolute atomic E-state index is 0.396. The molecule has 0 spiro atoms. The maximum Gasteiger partial charge on any atom is 0.224 e. The molecule has 5 rings (SSSR count). The zero-order valence-corrected chi connectivity index (χ0v) is 17.1. The predicted molar refractivity (Wildman–Crippen MR) is 111 cm³/mol. The van der Waals surface area contributed by atoms with E-state index in [1.54, 1.807) is 0 Å². The molecule has 2 aliphatic rings. The second-order valence-corrected chi connectivity index (χ2v) is 8.20. The van der Waals surface area contributed by atoms with Crippen LogP contribution in [0.4, 0.5) is 11.8 Å². The summed E-state index contributed by atoms with van der Waals surface area (Å²) < 4.78 is 1.96. The Hall–Kier alpha value is -2.81. The first-order valence-corrected chi connectivity index (χ1v) is 10.4. The molecule has 0 bridgehead atoms. The van der Waals surface area contributed by atoms with Gasteiger partial charge >= 0.3 is 0 Å². The van der Waals surface area contributed by atoms with Gasteiger partial charge in [0.1, 0.15) is 5.82 Å². The van der Waals surface area contributed by atoms with Crippen molar-refractivity contribution in [3.63, 3.8) is 0 Å². The van der Waals surface area contributed by atoms with Gasteiger partial charge in [-0.1, -0.05) is 0 Å². The summed E-state index contributed by atoms with van der Waals surface area (Å²) in [6, 6.07) is 4.09. The summed E-state index contributed by atoms with van der Waals surface area (Å²) in [6.07, 6.45) is 7.24. The third-order valence-electron chi connectivity index (χ3n) is 5.90. The van der Waals surface area contributed by atoms with Crippen LogP contribution in [0.3, 0.4) is 0 Å². The van der Waals surface area contributed by atoms with Crippen molar-refractivity contribution in [2.75, 3.05) is 50.1 Å². The number of piperidine rings is 1. The van der Waals surface area contributed by atoms with Crippen LogP contribution < -0.4 is 9.80 Å². The molecule has 2 aliphatic heterocycles. The van der Waals surface area contributed by atoms with Crippen LogP contribution >= 0.6 is 0 Å². The van der Waals surface area contributed by atoms with Crippen LogP contribution in [0, 0.1) is 0 Å². The topological polar surface area (TPSA) is 78.6 Å². The Morgan fingerprint density at radius 2 is 1.76 bits per heavy atom. The SMILES string of the molecule is CN(C)c1ncc(CN2CCC(c3nnc4ccc(N5CCC5)nn34)CC2)cn1. The van der Waals surface area contributed by atoms with Gasteiger partial charge in [-0.25, -0.2) is 9.97 Å². The Kier molecular flexibility index (Phi) is 4.75. The minimum Gasteiger partial charge on any atom is -0.355 e. The Balaban J connectivity index is 1.24. The molecule has 0 amide bonds. The van der Waals surface area contributed by atoms with E-state index in [2.05, 4.69) is 36.0 Å². The minimum atomic E-state index is 0.396. The van der Waals surface area contributed by atoms with Gasteiger partial charge in [0.15, 0.2) is 11.5 Å². The number of aromatic nitrogens is 6. The number of rotatable bonds is 5. The van der Waals surface area contributed by atoms with Crippen LogP contribution in [-0.4, -0.2) is 75.0 Å². The standard InChI is InChI=1S/C20H27N9/c1-26(2)20-21-12-15(13-22-20)14-27-10-6-16(7-11-27)19-24-23-17-4-5-18(25-29(17)19)28-8-3-9-28/h4-5,12-13,16H,3,6-11,14H2,1-2H3. The molecule has 0 unspecified atom stereocenters. The monoisotopic (exact) mass is 393 g/mol. The van der Waals surface area contributed by atoms with Crippen molar-refractivity contribution in [1.29, 1.82) is 0 Å². The highest BCUT2D eigenvalue weighted by molar-refractivity contribution is 5.47. The Bertz CT molecular complexity index is 969. The molecule has 5 heterocycles. The van der Waals surface area contributed by atoms with Crippen LogP contribution in [0.2, 0.25) is 0 Å². The molecule has 0 saturated carbocycles. The fourth-order valence-electron chi connectivity index (χ4n) is 4.03. The van der Waals surface area contributed by atoms with Gasteiger partial charge in [-0.15, -0.1) is 15.3 Å². The van der Waals surface area contributed by atoms with E-state index in [4.69, 9.17) is 5.10 Å². The summed E-state index contributed by atoms with van der Waals surface area (Å²) in [5, 5.41) is 13.7. The van der Waals surface area contributed by atoms with Crippen molar-refractivity contribution in [2.45, 2.75) is 31.7 Å². The van der Waals surface area contributed by atoms with Crippen LogP contribution in [-0.2, 0) is 6.54 Å². The number of hydrogen-bond acceptors (Lipinski definition) is 8. The molecule has 0 aromatic carbocycles. The molecule has 3 aromatic heterocycles. The van der Waals surface area contributed by atoms with Gasteiger partial charge in [0, 0.05) is 57.6 Å². The van der Waals surface area contributed by atoms with Gasteiger partial charge in [-0.3, -0.25) is 4.90 Å². The first-order chi connectivity index (χ1) is 14.2. The van der Waals surface area contributed by atoms with Crippen molar-refractivity contribution in [3.05, 3.63) is 35.9 Å². The van der Waals surface area contributed by atoms with Gasteiger partial charge < -0.3 is 9.80 Å². The van der Waals surface area contributed by atoms with Crippen molar-refractivity contribution in [3.8, 4) is 0 Å². The summed E-state index contributed by atoms with van der Waals surface area (Å²) in [7, 11) is 3.91. The van der Waals surface area contributed by atoms with Gasteiger partial charge in [-0.2, -0.15) is 4.52 Å². The molecule has 29 heavy (non-hydrogen) atoms. The van der Waals surface area contributed by atoms with E-state index >= 15 is 0 Å². The van der Waals surface area contributed by atoms with Crippen molar-refractivity contribution >= 4 is 17.4 Å². The molecular formula is C20H27N9. The molecular weight excluding hydrogens is 366 g/mol. The van der Waals surface area contributed by atoms with E-state index in [-0.39, 0.29) is 0 Å². The molecule has 2 fully saturated rings. The average molecular weight is 393 g/mol. The number of nitrogens with zero attached hydrogens (tertiary/aromatic N) is 9. The summed E-state index contributed by atoms with van der Waals surface area (Å²) in [4.78, 5) is 15.5. The Labute approximate surface area is 170 Å². The fourth-order valence-corrected chi connectivity index (χ4v) is 4.03. The van der Waals surface area contributed by atoms with Crippen LogP contribution in [0.15, 0.2) is 24.5 Å². The lowest BCUT2D eigenvalue weighted by molar-refractivity contribution is 0.200. The first-order valence-electron chi connectivity index (χ1n) is 10.4. The average Bonchev–Trinajstić information content (AvgIpc) is 3.11. The van der Waals surface area contributed by atoms with E-state index in [1.165, 1.54) is 6.42 Å². The normalized spacial score (nSPS) is 18.2. The summed E-state index contributed by atoms with van der Waals surface area (Å²) in [5.41, 5.74) is 1.99. The molecule has 0 atom stereocenters. The third-order valence-corrected chi connectivity index (χ3v) is 5.90. The van der Waals surface area contributed by atoms with Crippen molar-refractivity contribution in [1.82, 2.24) is 34.7 Å². The molecule has 152 valence electrons. The second-order valence-electron chi connectivity index (χ2n) is 8.20. The van der Waals surface area contributed by atoms with Gasteiger partial charge in [-0.05, 0) is 44.5 Å². The second kappa shape index (κ2) is 7.55. The Morgan fingerprint density at radius 1 is 1.00 bits per heavy atom. The number of fused-ring (bicyclic) bond motifs is 1. The predicted octanol–water partition coefficient (Wildman–Crippen LogP) is 1.57. The maximum absolute atomic E-state index is 4.83. The number of anilines is 2. The summed E-state index contributed by atoms with van der Waals surface area (Å²) >= 11 is 0. The van der Waals surface area contributed by atoms with Crippen molar-refractivity contribution in [2.24, 2.45) is 0 Å². The Morgan fingerprint density at radius 3 is 2.41 bits per heavy atom. The molecule has 3 aromatic rings. The molecule has 9 nitrogen and oxygen atoms in total. The molecule has 9 heteroatoms. The molecule has 0 radical (unpaired) electrons. The number of likely N-dealkylation sites (tertiary alicyclic amines) is 1. The van der Waals surface area contributed by atoms with Gasteiger partial charge in [0.2, 0.25) is 5.95 Å². The smallest absolute Gasteiger partial charge is 0.224 e. The van der Waals surface area contributed by atoms with E-state index in [0.717, 1.165) is 74.4 Å². The zero-order chi connectivity index (χ0) is 19.8. The lowest BCUT2D eigenvalue weighted by Crippen LogP contribution is -2.38.